The standard InChI is InChI=1S/C31H36N2O2S/c1-24-16-18-26(19-17-24)21-33(30(34)23-36-22-27-12-6-3-7-13-27)29(20-25-10-4-2-5-11-25)31(35)32-28-14-8-9-15-28/h2-7,10-13,16-19,28-29H,8-9,14-15,20-23H2,1H3,(H,32,35). The number of carbonyl (C=O) groups excluding carboxylic acids is 2. The summed E-state index contributed by atoms with van der Waals surface area (Å²) in [6.45, 7) is 2.47. The lowest BCUT2D eigenvalue weighted by atomic mass is 10.0. The fourth-order valence-electron chi connectivity index (χ4n) is 4.73. The highest BCUT2D eigenvalue weighted by molar-refractivity contribution is 7.99. The maximum Gasteiger partial charge on any atom is 0.243 e. The second-order valence-electron chi connectivity index (χ2n) is 9.68. The molecule has 1 fully saturated rings. The van der Waals surface area contributed by atoms with Gasteiger partial charge in [-0.05, 0) is 36.5 Å². The zero-order valence-corrected chi connectivity index (χ0v) is 21.9. The molecule has 0 spiro atoms. The van der Waals surface area contributed by atoms with E-state index >= 15 is 0 Å². The lowest BCUT2D eigenvalue weighted by molar-refractivity contribution is -0.139. The van der Waals surface area contributed by atoms with Gasteiger partial charge in [0.1, 0.15) is 6.04 Å². The van der Waals surface area contributed by atoms with Crippen molar-refractivity contribution in [2.75, 3.05) is 5.75 Å². The van der Waals surface area contributed by atoms with Crippen molar-refractivity contribution in [2.24, 2.45) is 0 Å². The van der Waals surface area contributed by atoms with Gasteiger partial charge >= 0.3 is 0 Å². The highest BCUT2D eigenvalue weighted by atomic mass is 32.2. The molecule has 0 aliphatic heterocycles. The maximum absolute atomic E-state index is 13.7. The van der Waals surface area contributed by atoms with Gasteiger partial charge in [-0.3, -0.25) is 9.59 Å². The van der Waals surface area contributed by atoms with E-state index in [1.807, 2.05) is 48.5 Å². The molecular weight excluding hydrogens is 464 g/mol. The summed E-state index contributed by atoms with van der Waals surface area (Å²) in [7, 11) is 0. The van der Waals surface area contributed by atoms with Gasteiger partial charge in [-0.25, -0.2) is 0 Å². The van der Waals surface area contributed by atoms with Crippen molar-refractivity contribution in [1.82, 2.24) is 10.2 Å². The van der Waals surface area contributed by atoms with Gasteiger partial charge in [-0.2, -0.15) is 0 Å². The van der Waals surface area contributed by atoms with E-state index in [9.17, 15) is 9.59 Å². The van der Waals surface area contributed by atoms with E-state index in [0.29, 0.717) is 18.7 Å². The summed E-state index contributed by atoms with van der Waals surface area (Å²) < 4.78 is 0. The Bertz CT molecular complexity index is 1100. The first-order valence-corrected chi connectivity index (χ1v) is 14.0. The van der Waals surface area contributed by atoms with Crippen LogP contribution in [0.15, 0.2) is 84.9 Å². The van der Waals surface area contributed by atoms with Crippen LogP contribution in [0.25, 0.3) is 0 Å². The maximum atomic E-state index is 13.7. The molecule has 1 N–H and O–H groups in total. The van der Waals surface area contributed by atoms with Gasteiger partial charge in [0.2, 0.25) is 11.8 Å². The largest absolute Gasteiger partial charge is 0.352 e. The van der Waals surface area contributed by atoms with Gasteiger partial charge in [0.15, 0.2) is 0 Å². The monoisotopic (exact) mass is 500 g/mol. The zero-order chi connectivity index (χ0) is 25.2. The number of carbonyl (C=O) groups is 2. The molecule has 0 bridgehead atoms. The van der Waals surface area contributed by atoms with Crippen molar-refractivity contribution < 1.29 is 9.59 Å². The summed E-state index contributed by atoms with van der Waals surface area (Å²) in [5.74, 6) is 1.06. The normalized spacial score (nSPS) is 14.4. The molecule has 2 amide bonds. The van der Waals surface area contributed by atoms with Crippen molar-refractivity contribution in [3.63, 3.8) is 0 Å². The van der Waals surface area contributed by atoms with Crippen LogP contribution in [0.5, 0.6) is 0 Å². The molecular formula is C31H36N2O2S. The highest BCUT2D eigenvalue weighted by Gasteiger charge is 2.32. The number of nitrogens with zero attached hydrogens (tertiary/aromatic N) is 1. The summed E-state index contributed by atoms with van der Waals surface area (Å²) in [6.07, 6.45) is 4.83. The molecule has 4 rings (SSSR count). The van der Waals surface area contributed by atoms with Crippen LogP contribution >= 0.6 is 11.8 Å². The van der Waals surface area contributed by atoms with Crippen LogP contribution in [0, 0.1) is 6.92 Å². The Morgan fingerprint density at radius 1 is 0.861 bits per heavy atom. The third kappa shape index (κ3) is 7.72. The average molecular weight is 501 g/mol. The molecule has 0 heterocycles. The predicted octanol–water partition coefficient (Wildman–Crippen LogP) is 5.93. The van der Waals surface area contributed by atoms with Gasteiger partial charge in [0.05, 0.1) is 5.75 Å². The summed E-state index contributed by atoms with van der Waals surface area (Å²) in [5, 5.41) is 3.27. The van der Waals surface area contributed by atoms with Gasteiger partial charge in [0.25, 0.3) is 0 Å². The Labute approximate surface area is 219 Å². The molecule has 4 nitrogen and oxygen atoms in total. The van der Waals surface area contributed by atoms with Crippen molar-refractivity contribution in [1.29, 1.82) is 0 Å². The van der Waals surface area contributed by atoms with Crippen LogP contribution in [-0.4, -0.2) is 34.6 Å². The summed E-state index contributed by atoms with van der Waals surface area (Å²) in [5.41, 5.74) is 4.46. The smallest absolute Gasteiger partial charge is 0.243 e. The molecule has 1 unspecified atom stereocenters. The molecule has 0 aromatic heterocycles. The summed E-state index contributed by atoms with van der Waals surface area (Å²) >= 11 is 1.60. The Morgan fingerprint density at radius 3 is 2.11 bits per heavy atom. The quantitative estimate of drug-likeness (QED) is 0.355. The van der Waals surface area contributed by atoms with E-state index in [-0.39, 0.29) is 17.9 Å². The second kappa shape index (κ2) is 13.3. The summed E-state index contributed by atoms with van der Waals surface area (Å²) in [6, 6.07) is 28.1. The SMILES string of the molecule is Cc1ccc(CN(C(=O)CSCc2ccccc2)C(Cc2ccccc2)C(=O)NC2CCCC2)cc1. The van der Waals surface area contributed by atoms with E-state index < -0.39 is 6.04 Å². The zero-order valence-electron chi connectivity index (χ0n) is 21.1. The van der Waals surface area contributed by atoms with E-state index in [1.54, 1.807) is 16.7 Å². The van der Waals surface area contributed by atoms with Crippen molar-refractivity contribution in [3.05, 3.63) is 107 Å². The second-order valence-corrected chi connectivity index (χ2v) is 10.7. The van der Waals surface area contributed by atoms with Crippen molar-refractivity contribution in [3.8, 4) is 0 Å². The minimum absolute atomic E-state index is 0.000917. The van der Waals surface area contributed by atoms with Gasteiger partial charge in [-0.1, -0.05) is 103 Å². The van der Waals surface area contributed by atoms with E-state index in [4.69, 9.17) is 0 Å². The minimum Gasteiger partial charge on any atom is -0.352 e. The van der Waals surface area contributed by atoms with E-state index in [1.165, 1.54) is 11.1 Å². The molecule has 0 radical (unpaired) electrons. The van der Waals surface area contributed by atoms with Gasteiger partial charge in [-0.15, -0.1) is 11.8 Å². The molecule has 1 aliphatic carbocycles. The average Bonchev–Trinajstić information content (AvgIpc) is 3.41. The van der Waals surface area contributed by atoms with Crippen LogP contribution in [0.3, 0.4) is 0 Å². The molecule has 3 aromatic rings. The molecule has 1 atom stereocenters. The Balaban J connectivity index is 1.56. The number of aryl methyl sites for hydroxylation is 1. The number of benzene rings is 3. The Kier molecular flexibility index (Phi) is 9.62. The van der Waals surface area contributed by atoms with E-state index in [2.05, 4.69) is 48.6 Å². The molecule has 1 aliphatic rings. The Hall–Kier alpha value is -3.05. The lowest BCUT2D eigenvalue weighted by Gasteiger charge is -2.32. The summed E-state index contributed by atoms with van der Waals surface area (Å²) in [4.78, 5) is 29.2. The number of thioether (sulfide) groups is 1. The lowest BCUT2D eigenvalue weighted by Crippen LogP contribution is -2.52. The first-order valence-electron chi connectivity index (χ1n) is 12.9. The van der Waals surface area contributed by atoms with Crippen LogP contribution in [0.4, 0.5) is 0 Å². The number of hydrogen-bond donors (Lipinski definition) is 1. The van der Waals surface area contributed by atoms with Crippen LogP contribution in [0.1, 0.15) is 47.9 Å². The fourth-order valence-corrected chi connectivity index (χ4v) is 5.60. The third-order valence-electron chi connectivity index (χ3n) is 6.78. The Morgan fingerprint density at radius 2 is 1.47 bits per heavy atom. The molecule has 0 saturated heterocycles. The first-order chi connectivity index (χ1) is 17.6. The molecule has 3 aromatic carbocycles. The minimum atomic E-state index is -0.556. The van der Waals surface area contributed by atoms with E-state index in [0.717, 1.165) is 42.6 Å². The molecule has 5 heteroatoms. The topological polar surface area (TPSA) is 49.4 Å². The molecule has 1 saturated carbocycles. The van der Waals surface area contributed by atoms with Crippen LogP contribution in [0.2, 0.25) is 0 Å². The van der Waals surface area contributed by atoms with Gasteiger partial charge < -0.3 is 10.2 Å². The predicted molar refractivity (Wildman–Crippen MR) is 149 cm³/mol. The van der Waals surface area contributed by atoms with Gasteiger partial charge in [0, 0.05) is 24.8 Å². The number of amides is 2. The first kappa shape index (κ1) is 26.0. The third-order valence-corrected chi connectivity index (χ3v) is 7.77. The van der Waals surface area contributed by atoms with Crippen molar-refractivity contribution in [2.45, 2.75) is 63.4 Å². The van der Waals surface area contributed by atoms with Crippen LogP contribution < -0.4 is 5.32 Å². The number of rotatable bonds is 11. The number of nitrogens with one attached hydrogen (secondary N) is 1. The molecule has 188 valence electrons. The highest BCUT2D eigenvalue weighted by Crippen LogP contribution is 2.21. The fraction of sp³-hybridized carbons (Fsp3) is 0.355. The number of hydrogen-bond acceptors (Lipinski definition) is 3. The van der Waals surface area contributed by atoms with Crippen LogP contribution in [-0.2, 0) is 28.3 Å². The van der Waals surface area contributed by atoms with Crippen molar-refractivity contribution >= 4 is 23.6 Å². The molecule has 36 heavy (non-hydrogen) atoms.